The number of phenols is 1. The van der Waals surface area contributed by atoms with E-state index in [0.717, 1.165) is 19.8 Å². The second-order valence-electron chi connectivity index (χ2n) is 6.85. The molecule has 0 saturated carbocycles. The predicted molar refractivity (Wildman–Crippen MR) is 160 cm³/mol. The van der Waals surface area contributed by atoms with Crippen molar-refractivity contribution in [2.75, 3.05) is 0 Å². The van der Waals surface area contributed by atoms with Gasteiger partial charge in [0, 0.05) is 24.3 Å². The zero-order chi connectivity index (χ0) is 25.8. The van der Waals surface area contributed by atoms with E-state index in [1.165, 1.54) is 17.7 Å². The van der Waals surface area contributed by atoms with Gasteiger partial charge < -0.3 is 9.84 Å². The lowest BCUT2D eigenvalue weighted by atomic mass is 10.2. The Kier molecular flexibility index (Phi) is 13.9. The molecule has 0 heterocycles. The summed E-state index contributed by atoms with van der Waals surface area (Å²) in [5, 5.41) is 11.7. The topological polar surface area (TPSA) is 29.5 Å². The number of rotatable bonds is 4. The van der Waals surface area contributed by atoms with Crippen molar-refractivity contribution in [1.29, 1.82) is 0 Å². The third-order valence-electron chi connectivity index (χ3n) is 4.13. The van der Waals surface area contributed by atoms with Gasteiger partial charge in [0.15, 0.2) is 0 Å². The van der Waals surface area contributed by atoms with Gasteiger partial charge in [0.1, 0.15) is 18.1 Å². The molecule has 0 saturated heterocycles. The largest absolute Gasteiger partial charge is 0.506 e. The predicted octanol–water partition coefficient (Wildman–Crippen LogP) is 11.4. The third kappa shape index (κ3) is 11.8. The number of hydrogen-bond donors (Lipinski definition) is 1. The third-order valence-corrected chi connectivity index (χ3v) is 6.83. The number of aromatic hydroxyl groups is 1. The number of ether oxygens (including phenoxy) is 1. The average Bonchev–Trinajstić information content (AvgIpc) is 2.82. The Bertz CT molecular complexity index is 1240. The Morgan fingerprint density at radius 2 is 1.20 bits per heavy atom. The van der Waals surface area contributed by atoms with Crippen LogP contribution in [-0.4, -0.2) is 5.11 Å². The molecule has 9 heteroatoms. The maximum Gasteiger partial charge on any atom is 0.138 e. The van der Waals surface area contributed by atoms with Gasteiger partial charge in [-0.15, -0.1) is 0 Å². The SMILES string of the molecule is BrCc1cccc(Br)c1.Clc1ccc(OCc2cccc(Br)c2)c(Cl)c1.Oc1ccc(Cl)cc1Cl. The van der Waals surface area contributed by atoms with Crippen molar-refractivity contribution < 1.29 is 9.84 Å². The molecule has 2 nitrogen and oxygen atoms in total. The van der Waals surface area contributed by atoms with Crippen LogP contribution < -0.4 is 4.74 Å². The molecule has 4 aromatic carbocycles. The summed E-state index contributed by atoms with van der Waals surface area (Å²) >= 11 is 33.0. The van der Waals surface area contributed by atoms with Crippen LogP contribution in [0.4, 0.5) is 0 Å². The van der Waals surface area contributed by atoms with E-state index < -0.39 is 0 Å². The molecule has 0 spiro atoms. The molecule has 0 fully saturated rings. The number of halogens is 7. The molecule has 0 aliphatic heterocycles. The van der Waals surface area contributed by atoms with Crippen LogP contribution in [0.1, 0.15) is 11.1 Å². The number of alkyl halides is 1. The van der Waals surface area contributed by atoms with Crippen LogP contribution >= 0.6 is 94.2 Å². The maximum absolute atomic E-state index is 8.85. The van der Waals surface area contributed by atoms with Crippen molar-refractivity contribution in [3.63, 3.8) is 0 Å². The molecule has 1 N–H and O–H groups in total. The quantitative estimate of drug-likeness (QED) is 0.211. The molecule has 4 aromatic rings. The van der Waals surface area contributed by atoms with Crippen LogP contribution in [0.15, 0.2) is 93.9 Å². The van der Waals surface area contributed by atoms with Crippen LogP contribution in [0.3, 0.4) is 0 Å². The standard InChI is InChI=1S/C13H9BrCl2O.C7H6Br2.C6H4Cl2O/c14-10-3-1-2-9(6-10)8-17-13-5-4-11(15)7-12(13)16;8-5-6-2-1-3-7(9)4-6;7-4-1-2-6(9)5(8)3-4/h1-7H,8H2;1-4H,5H2;1-3,9H. The molecule has 0 bridgehead atoms. The summed E-state index contributed by atoms with van der Waals surface area (Å²) in [6, 6.07) is 25.8. The van der Waals surface area contributed by atoms with Crippen LogP contribution in [0.2, 0.25) is 20.1 Å². The second kappa shape index (κ2) is 16.0. The van der Waals surface area contributed by atoms with Gasteiger partial charge in [-0.1, -0.05) is 118 Å². The van der Waals surface area contributed by atoms with Crippen molar-refractivity contribution in [2.24, 2.45) is 0 Å². The Hall–Kier alpha value is -0.920. The van der Waals surface area contributed by atoms with Crippen molar-refractivity contribution in [3.05, 3.63) is 125 Å². The minimum Gasteiger partial charge on any atom is -0.506 e. The molecule has 184 valence electrons. The first-order chi connectivity index (χ1) is 16.7. The highest BCUT2D eigenvalue weighted by atomic mass is 79.9. The lowest BCUT2D eigenvalue weighted by Crippen LogP contribution is -1.95. The van der Waals surface area contributed by atoms with E-state index in [-0.39, 0.29) is 10.8 Å². The van der Waals surface area contributed by atoms with Gasteiger partial charge in [-0.25, -0.2) is 0 Å². The smallest absolute Gasteiger partial charge is 0.138 e. The minimum absolute atomic E-state index is 0.0565. The van der Waals surface area contributed by atoms with Gasteiger partial charge in [-0.05, 0) is 71.8 Å². The minimum atomic E-state index is 0.0565. The molecule has 0 atom stereocenters. The van der Waals surface area contributed by atoms with Crippen LogP contribution in [0.5, 0.6) is 11.5 Å². The summed E-state index contributed by atoms with van der Waals surface area (Å²) in [6.45, 7) is 0.473. The maximum atomic E-state index is 8.85. The molecular formula is C26H19Br3Cl4O2. The van der Waals surface area contributed by atoms with Crippen molar-refractivity contribution in [2.45, 2.75) is 11.9 Å². The summed E-state index contributed by atoms with van der Waals surface area (Å²) in [5.74, 6) is 0.692. The van der Waals surface area contributed by atoms with E-state index in [2.05, 4.69) is 59.9 Å². The molecule has 0 unspecified atom stereocenters. The fraction of sp³-hybridized carbons (Fsp3) is 0.0769. The van der Waals surface area contributed by atoms with E-state index in [1.807, 2.05) is 36.4 Å². The Balaban J connectivity index is 0.000000203. The summed E-state index contributed by atoms with van der Waals surface area (Å²) in [7, 11) is 0. The molecule has 0 aliphatic carbocycles. The fourth-order valence-corrected chi connectivity index (χ4v) is 4.60. The highest BCUT2D eigenvalue weighted by Gasteiger charge is 2.03. The summed E-state index contributed by atoms with van der Waals surface area (Å²) in [5.41, 5.74) is 2.37. The average molecular weight is 745 g/mol. The van der Waals surface area contributed by atoms with E-state index in [0.29, 0.717) is 27.4 Å². The van der Waals surface area contributed by atoms with Gasteiger partial charge in [-0.3, -0.25) is 0 Å². The zero-order valence-electron chi connectivity index (χ0n) is 18.0. The van der Waals surface area contributed by atoms with E-state index in [4.69, 9.17) is 56.2 Å². The van der Waals surface area contributed by atoms with Gasteiger partial charge in [-0.2, -0.15) is 0 Å². The van der Waals surface area contributed by atoms with Crippen LogP contribution in [0, 0.1) is 0 Å². The van der Waals surface area contributed by atoms with Crippen molar-refractivity contribution in [1.82, 2.24) is 0 Å². The molecule has 0 aromatic heterocycles. The van der Waals surface area contributed by atoms with E-state index in [9.17, 15) is 0 Å². The lowest BCUT2D eigenvalue weighted by molar-refractivity contribution is 0.306. The Morgan fingerprint density at radius 1 is 0.657 bits per heavy atom. The first-order valence-corrected chi connectivity index (χ1v) is 14.2. The molecule has 0 aliphatic rings. The number of benzene rings is 4. The second-order valence-corrected chi connectivity index (χ2v) is 10.9. The van der Waals surface area contributed by atoms with Crippen LogP contribution in [0.25, 0.3) is 0 Å². The summed E-state index contributed by atoms with van der Waals surface area (Å²) in [6.07, 6.45) is 0. The van der Waals surface area contributed by atoms with Gasteiger partial charge in [0.05, 0.1) is 10.0 Å². The Labute approximate surface area is 250 Å². The first kappa shape index (κ1) is 30.3. The van der Waals surface area contributed by atoms with Gasteiger partial charge in [0.2, 0.25) is 0 Å². The molecular weight excluding hydrogens is 726 g/mol. The molecule has 0 amide bonds. The zero-order valence-corrected chi connectivity index (χ0v) is 25.8. The molecule has 35 heavy (non-hydrogen) atoms. The van der Waals surface area contributed by atoms with Crippen molar-refractivity contribution >= 4 is 94.2 Å². The lowest BCUT2D eigenvalue weighted by Gasteiger charge is -2.08. The van der Waals surface area contributed by atoms with E-state index in [1.54, 1.807) is 24.3 Å². The summed E-state index contributed by atoms with van der Waals surface area (Å²) in [4.78, 5) is 0. The number of hydrogen-bond acceptors (Lipinski definition) is 2. The van der Waals surface area contributed by atoms with E-state index >= 15 is 0 Å². The van der Waals surface area contributed by atoms with Crippen molar-refractivity contribution in [3.8, 4) is 11.5 Å². The van der Waals surface area contributed by atoms with Crippen LogP contribution in [-0.2, 0) is 11.9 Å². The first-order valence-electron chi connectivity index (χ1n) is 9.94. The monoisotopic (exact) mass is 740 g/mol. The highest BCUT2D eigenvalue weighted by molar-refractivity contribution is 9.10. The van der Waals surface area contributed by atoms with Gasteiger partial charge >= 0.3 is 0 Å². The Morgan fingerprint density at radius 3 is 1.69 bits per heavy atom. The fourth-order valence-electron chi connectivity index (χ4n) is 2.48. The number of phenolic OH excluding ortho intramolecular Hbond substituents is 1. The molecule has 0 radical (unpaired) electrons. The summed E-state index contributed by atoms with van der Waals surface area (Å²) < 4.78 is 7.79. The highest BCUT2D eigenvalue weighted by Crippen LogP contribution is 2.28. The van der Waals surface area contributed by atoms with Gasteiger partial charge in [0.25, 0.3) is 0 Å². The molecule has 4 rings (SSSR count). The normalized spacial score (nSPS) is 9.91.